The smallest absolute Gasteiger partial charge is 0.246 e. The molecule has 0 N–H and O–H groups in total. The molecule has 1 saturated heterocycles. The van der Waals surface area contributed by atoms with Crippen molar-refractivity contribution in [2.45, 2.75) is 38.6 Å². The van der Waals surface area contributed by atoms with E-state index < -0.39 is 5.50 Å². The first kappa shape index (κ1) is 21.2. The van der Waals surface area contributed by atoms with E-state index in [4.69, 9.17) is 16.0 Å². The fourth-order valence-corrected chi connectivity index (χ4v) is 3.85. The van der Waals surface area contributed by atoms with Crippen molar-refractivity contribution >= 4 is 23.6 Å². The minimum Gasteiger partial charge on any atom is -0.426 e. The molecule has 31 heavy (non-hydrogen) atoms. The van der Waals surface area contributed by atoms with Crippen LogP contribution in [0, 0.1) is 19.8 Å². The van der Waals surface area contributed by atoms with Crippen molar-refractivity contribution in [3.63, 3.8) is 0 Å². The van der Waals surface area contributed by atoms with Gasteiger partial charge in [0.05, 0.1) is 0 Å². The standard InChI is InChI=1S/C21H24ClN7O2/c1-14-23-27-29(26-14)21(22)18-5-3-4-16(12-18)6-7-20(30)28-10-8-17(9-11-28)13-19-25-24-15(2)31-19/h3-7,12,17,21H,8-11,13H2,1-2H3/b7-6+. The van der Waals surface area contributed by atoms with Crippen molar-refractivity contribution in [1.29, 1.82) is 0 Å². The van der Waals surface area contributed by atoms with Gasteiger partial charge in [0, 0.05) is 32.5 Å². The summed E-state index contributed by atoms with van der Waals surface area (Å²) >= 11 is 6.46. The van der Waals surface area contributed by atoms with Crippen LogP contribution in [0.15, 0.2) is 34.8 Å². The second-order valence-corrected chi connectivity index (χ2v) is 8.10. The Hall–Kier alpha value is -3.07. The minimum absolute atomic E-state index is 0.00785. The van der Waals surface area contributed by atoms with Gasteiger partial charge in [0.1, 0.15) is 0 Å². The van der Waals surface area contributed by atoms with Crippen molar-refractivity contribution in [2.24, 2.45) is 5.92 Å². The van der Waals surface area contributed by atoms with Gasteiger partial charge in [0.15, 0.2) is 11.3 Å². The number of hydrogen-bond acceptors (Lipinski definition) is 7. The average molecular weight is 442 g/mol. The summed E-state index contributed by atoms with van der Waals surface area (Å²) in [4.78, 5) is 15.9. The Balaban J connectivity index is 1.32. The number of carbonyl (C=O) groups is 1. The fraction of sp³-hybridized carbons (Fsp3) is 0.429. The van der Waals surface area contributed by atoms with Crippen LogP contribution in [0.4, 0.5) is 0 Å². The molecule has 0 saturated carbocycles. The van der Waals surface area contributed by atoms with Gasteiger partial charge in [0.25, 0.3) is 0 Å². The lowest BCUT2D eigenvalue weighted by Crippen LogP contribution is -2.38. The summed E-state index contributed by atoms with van der Waals surface area (Å²) in [6, 6.07) is 7.63. The maximum Gasteiger partial charge on any atom is 0.246 e. The van der Waals surface area contributed by atoms with Crippen LogP contribution >= 0.6 is 11.6 Å². The van der Waals surface area contributed by atoms with Crippen molar-refractivity contribution < 1.29 is 9.21 Å². The summed E-state index contributed by atoms with van der Waals surface area (Å²) in [5.74, 6) is 2.29. The van der Waals surface area contributed by atoms with Gasteiger partial charge in [0.2, 0.25) is 17.7 Å². The first-order valence-corrected chi connectivity index (χ1v) is 10.7. The van der Waals surface area contributed by atoms with Crippen molar-refractivity contribution in [3.8, 4) is 0 Å². The van der Waals surface area contributed by atoms with Crippen LogP contribution in [0.3, 0.4) is 0 Å². The molecule has 3 heterocycles. The van der Waals surface area contributed by atoms with Crippen LogP contribution in [0.5, 0.6) is 0 Å². The van der Waals surface area contributed by atoms with Gasteiger partial charge >= 0.3 is 0 Å². The summed E-state index contributed by atoms with van der Waals surface area (Å²) < 4.78 is 5.47. The first-order valence-electron chi connectivity index (χ1n) is 10.2. The van der Waals surface area contributed by atoms with Crippen LogP contribution in [-0.2, 0) is 11.2 Å². The second kappa shape index (κ2) is 9.38. The number of aryl methyl sites for hydroxylation is 2. The second-order valence-electron chi connectivity index (χ2n) is 7.68. The van der Waals surface area contributed by atoms with Crippen LogP contribution in [0.25, 0.3) is 6.08 Å². The SMILES string of the molecule is Cc1nnn(C(Cl)c2cccc(/C=C/C(=O)N3CCC(Cc4nnc(C)o4)CC3)c2)n1. The highest BCUT2D eigenvalue weighted by Crippen LogP contribution is 2.23. The van der Waals surface area contributed by atoms with Crippen molar-refractivity contribution in [3.05, 3.63) is 59.1 Å². The minimum atomic E-state index is -0.563. The number of alkyl halides is 1. The quantitative estimate of drug-likeness (QED) is 0.428. The Bertz CT molecular complexity index is 1070. The van der Waals surface area contributed by atoms with E-state index in [2.05, 4.69) is 25.6 Å². The molecule has 3 aromatic rings. The largest absolute Gasteiger partial charge is 0.426 e. The average Bonchev–Trinajstić information content (AvgIpc) is 3.40. The molecule has 0 aliphatic carbocycles. The van der Waals surface area contributed by atoms with Gasteiger partial charge in [-0.05, 0) is 54.2 Å². The summed E-state index contributed by atoms with van der Waals surface area (Å²) in [6.07, 6.45) is 6.04. The van der Waals surface area contributed by atoms with E-state index in [0.717, 1.165) is 43.5 Å². The number of piperidine rings is 1. The molecule has 1 fully saturated rings. The molecule has 10 heteroatoms. The Kier molecular flexibility index (Phi) is 6.41. The molecule has 4 rings (SSSR count). The normalized spacial score (nSPS) is 16.2. The molecule has 0 bridgehead atoms. The third kappa shape index (κ3) is 5.35. The number of benzene rings is 1. The summed E-state index contributed by atoms with van der Waals surface area (Å²) in [7, 11) is 0. The Morgan fingerprint density at radius 1 is 1.26 bits per heavy atom. The molecule has 0 spiro atoms. The molecule has 2 aromatic heterocycles. The number of rotatable bonds is 6. The van der Waals surface area contributed by atoms with E-state index in [1.807, 2.05) is 35.2 Å². The van der Waals surface area contributed by atoms with Gasteiger partial charge in [-0.25, -0.2) is 0 Å². The molecule has 1 aliphatic heterocycles. The maximum atomic E-state index is 12.6. The molecular weight excluding hydrogens is 418 g/mol. The van der Waals surface area contributed by atoms with Gasteiger partial charge in [-0.3, -0.25) is 4.79 Å². The van der Waals surface area contributed by atoms with E-state index >= 15 is 0 Å². The summed E-state index contributed by atoms with van der Waals surface area (Å²) in [5.41, 5.74) is 1.15. The number of amides is 1. The Morgan fingerprint density at radius 2 is 2.06 bits per heavy atom. The first-order chi connectivity index (χ1) is 15.0. The third-order valence-corrected chi connectivity index (χ3v) is 5.72. The number of nitrogens with zero attached hydrogens (tertiary/aromatic N) is 7. The van der Waals surface area contributed by atoms with Gasteiger partial charge in [-0.15, -0.1) is 25.2 Å². The monoisotopic (exact) mass is 441 g/mol. The molecule has 1 amide bonds. The summed E-state index contributed by atoms with van der Waals surface area (Å²) in [6.45, 7) is 5.00. The van der Waals surface area contributed by atoms with Crippen LogP contribution in [0.2, 0.25) is 0 Å². The van der Waals surface area contributed by atoms with Gasteiger partial charge in [-0.1, -0.05) is 29.8 Å². The number of likely N-dealkylation sites (tertiary alicyclic amines) is 1. The van der Waals surface area contributed by atoms with E-state index in [9.17, 15) is 4.79 Å². The van der Waals surface area contributed by atoms with E-state index in [1.165, 1.54) is 4.80 Å². The molecule has 9 nitrogen and oxygen atoms in total. The molecule has 1 unspecified atom stereocenters. The third-order valence-electron chi connectivity index (χ3n) is 5.29. The Morgan fingerprint density at radius 3 is 2.74 bits per heavy atom. The van der Waals surface area contributed by atoms with Crippen LogP contribution in [-0.4, -0.2) is 54.3 Å². The lowest BCUT2D eigenvalue weighted by molar-refractivity contribution is -0.127. The molecule has 1 aromatic carbocycles. The summed E-state index contributed by atoms with van der Waals surface area (Å²) in [5, 5.41) is 19.9. The predicted molar refractivity (Wildman–Crippen MR) is 114 cm³/mol. The van der Waals surface area contributed by atoms with Crippen molar-refractivity contribution in [1.82, 2.24) is 35.3 Å². The maximum absolute atomic E-state index is 12.6. The highest BCUT2D eigenvalue weighted by molar-refractivity contribution is 6.20. The van der Waals surface area contributed by atoms with E-state index in [0.29, 0.717) is 23.5 Å². The van der Waals surface area contributed by atoms with Gasteiger partial charge in [-0.2, -0.15) is 0 Å². The molecule has 1 atom stereocenters. The molecule has 162 valence electrons. The zero-order chi connectivity index (χ0) is 21.8. The molecule has 1 aliphatic rings. The van der Waals surface area contributed by atoms with Crippen molar-refractivity contribution in [2.75, 3.05) is 13.1 Å². The number of aromatic nitrogens is 6. The fourth-order valence-electron chi connectivity index (χ4n) is 3.64. The number of tetrazole rings is 1. The zero-order valence-electron chi connectivity index (χ0n) is 17.5. The Labute approximate surface area is 185 Å². The molecular formula is C21H24ClN7O2. The predicted octanol–water partition coefficient (Wildman–Crippen LogP) is 2.95. The van der Waals surface area contributed by atoms with E-state index in [1.54, 1.807) is 19.9 Å². The van der Waals surface area contributed by atoms with Crippen LogP contribution in [0.1, 0.15) is 47.1 Å². The van der Waals surface area contributed by atoms with Crippen LogP contribution < -0.4 is 0 Å². The zero-order valence-corrected chi connectivity index (χ0v) is 18.2. The highest BCUT2D eigenvalue weighted by atomic mass is 35.5. The lowest BCUT2D eigenvalue weighted by Gasteiger charge is -2.30. The number of carbonyl (C=O) groups excluding carboxylic acids is 1. The highest BCUT2D eigenvalue weighted by Gasteiger charge is 2.23. The molecule has 0 radical (unpaired) electrons. The van der Waals surface area contributed by atoms with E-state index in [-0.39, 0.29) is 5.91 Å². The topological polar surface area (TPSA) is 103 Å². The van der Waals surface area contributed by atoms with Gasteiger partial charge < -0.3 is 9.32 Å². The number of hydrogen-bond donors (Lipinski definition) is 0. The lowest BCUT2D eigenvalue weighted by atomic mass is 9.93. The number of halogens is 1.